The molecule has 3 N–H and O–H groups in total. The number of imidazole rings is 1. The van der Waals surface area contributed by atoms with Crippen molar-refractivity contribution in [3.63, 3.8) is 0 Å². The molecule has 0 saturated carbocycles. The average molecular weight is 274 g/mol. The van der Waals surface area contributed by atoms with E-state index in [1.807, 2.05) is 0 Å². The molecule has 102 valence electrons. The molecule has 1 fully saturated rings. The molecule has 18 heavy (non-hydrogen) atoms. The van der Waals surface area contributed by atoms with E-state index in [4.69, 9.17) is 10.5 Å². The second-order valence-electron chi connectivity index (χ2n) is 4.51. The van der Waals surface area contributed by atoms with Crippen molar-refractivity contribution in [2.75, 3.05) is 12.3 Å². The van der Waals surface area contributed by atoms with E-state index in [1.165, 1.54) is 10.9 Å². The Labute approximate surface area is 106 Å². The summed E-state index contributed by atoms with van der Waals surface area (Å²) >= 11 is 0. The molecule has 7 nitrogen and oxygen atoms in total. The van der Waals surface area contributed by atoms with Crippen molar-refractivity contribution in [3.05, 3.63) is 6.33 Å². The number of sulfonamides is 1. The number of nitrogens with zero attached hydrogens (tertiary/aromatic N) is 2. The van der Waals surface area contributed by atoms with Crippen molar-refractivity contribution in [1.29, 1.82) is 0 Å². The highest BCUT2D eigenvalue weighted by molar-refractivity contribution is 7.89. The molecular weight excluding hydrogens is 256 g/mol. The van der Waals surface area contributed by atoms with Gasteiger partial charge in [-0.1, -0.05) is 0 Å². The first-order valence-corrected chi connectivity index (χ1v) is 7.31. The monoisotopic (exact) mass is 274 g/mol. The van der Waals surface area contributed by atoms with Gasteiger partial charge in [0.1, 0.15) is 0 Å². The van der Waals surface area contributed by atoms with Gasteiger partial charge in [0.25, 0.3) is 10.0 Å². The molecule has 0 spiro atoms. The number of aryl methyl sites for hydroxylation is 1. The first-order valence-electron chi connectivity index (χ1n) is 5.82. The van der Waals surface area contributed by atoms with Crippen LogP contribution in [0.5, 0.6) is 0 Å². The fourth-order valence-corrected chi connectivity index (χ4v) is 3.64. The molecule has 1 aromatic heterocycles. The third kappa shape index (κ3) is 2.50. The molecule has 0 amide bonds. The lowest BCUT2D eigenvalue weighted by Gasteiger charge is -2.20. The standard InChI is InChI=1S/C10H18N4O3S/c1-7(8-4-3-5-17-8)13-18(15,16)10-9(11)12-6-14(10)2/h6-8,13H,3-5,11H2,1-2H3. The predicted molar refractivity (Wildman–Crippen MR) is 66.4 cm³/mol. The number of aromatic nitrogens is 2. The zero-order valence-electron chi connectivity index (χ0n) is 10.5. The van der Waals surface area contributed by atoms with E-state index in [-0.39, 0.29) is 23.0 Å². The molecule has 1 aliphatic heterocycles. The van der Waals surface area contributed by atoms with Gasteiger partial charge in [-0.3, -0.25) is 0 Å². The molecule has 2 rings (SSSR count). The summed E-state index contributed by atoms with van der Waals surface area (Å²) in [6.07, 6.45) is 3.13. The molecule has 1 aliphatic rings. The minimum atomic E-state index is -3.67. The van der Waals surface area contributed by atoms with Crippen LogP contribution in [0.4, 0.5) is 5.82 Å². The summed E-state index contributed by atoms with van der Waals surface area (Å²) in [5.74, 6) is 0.00420. The van der Waals surface area contributed by atoms with Crippen LogP contribution in [-0.2, 0) is 21.8 Å². The summed E-state index contributed by atoms with van der Waals surface area (Å²) in [5.41, 5.74) is 5.57. The number of hydrogen-bond acceptors (Lipinski definition) is 5. The van der Waals surface area contributed by atoms with Gasteiger partial charge in [-0.25, -0.2) is 18.1 Å². The molecule has 1 aromatic rings. The van der Waals surface area contributed by atoms with Crippen LogP contribution in [0.25, 0.3) is 0 Å². The van der Waals surface area contributed by atoms with Crippen LogP contribution in [0, 0.1) is 0 Å². The fourth-order valence-electron chi connectivity index (χ4n) is 2.14. The van der Waals surface area contributed by atoms with E-state index >= 15 is 0 Å². The number of rotatable bonds is 4. The van der Waals surface area contributed by atoms with Gasteiger partial charge in [-0.15, -0.1) is 0 Å². The normalized spacial score (nSPS) is 22.2. The number of nitrogen functional groups attached to an aromatic ring is 1. The quantitative estimate of drug-likeness (QED) is 0.795. The number of hydrogen-bond donors (Lipinski definition) is 2. The third-order valence-corrected chi connectivity index (χ3v) is 4.72. The van der Waals surface area contributed by atoms with Crippen LogP contribution in [-0.4, -0.2) is 36.7 Å². The average Bonchev–Trinajstić information content (AvgIpc) is 2.87. The summed E-state index contributed by atoms with van der Waals surface area (Å²) in [4.78, 5) is 3.78. The van der Waals surface area contributed by atoms with Crippen LogP contribution in [0.2, 0.25) is 0 Å². The first-order chi connectivity index (χ1) is 8.42. The van der Waals surface area contributed by atoms with Gasteiger partial charge in [-0.05, 0) is 19.8 Å². The van der Waals surface area contributed by atoms with Gasteiger partial charge in [0, 0.05) is 19.7 Å². The predicted octanol–water partition coefficient (Wildman–Crippen LogP) is -0.152. The van der Waals surface area contributed by atoms with Gasteiger partial charge in [0.15, 0.2) is 10.8 Å². The zero-order chi connectivity index (χ0) is 13.3. The van der Waals surface area contributed by atoms with Crippen LogP contribution in [0.3, 0.4) is 0 Å². The van der Waals surface area contributed by atoms with Crippen molar-refractivity contribution in [3.8, 4) is 0 Å². The Morgan fingerprint density at radius 2 is 2.39 bits per heavy atom. The van der Waals surface area contributed by atoms with Crippen molar-refractivity contribution in [2.24, 2.45) is 7.05 Å². The lowest BCUT2D eigenvalue weighted by molar-refractivity contribution is 0.0902. The molecule has 0 aromatic carbocycles. The van der Waals surface area contributed by atoms with Crippen LogP contribution >= 0.6 is 0 Å². The third-order valence-electron chi connectivity index (χ3n) is 3.03. The second kappa shape index (κ2) is 4.87. The van der Waals surface area contributed by atoms with Crippen LogP contribution < -0.4 is 10.5 Å². The Morgan fingerprint density at radius 1 is 1.67 bits per heavy atom. The summed E-state index contributed by atoms with van der Waals surface area (Å²) in [7, 11) is -2.08. The molecule has 0 radical (unpaired) electrons. The number of nitrogens with two attached hydrogens (primary N) is 1. The molecule has 2 atom stereocenters. The Kier molecular flexibility index (Phi) is 3.60. The fraction of sp³-hybridized carbons (Fsp3) is 0.700. The van der Waals surface area contributed by atoms with Gasteiger partial charge in [-0.2, -0.15) is 0 Å². The number of anilines is 1. The lowest BCUT2D eigenvalue weighted by atomic mass is 10.1. The minimum Gasteiger partial charge on any atom is -0.381 e. The van der Waals surface area contributed by atoms with E-state index in [0.717, 1.165) is 12.8 Å². The van der Waals surface area contributed by atoms with Gasteiger partial charge < -0.3 is 15.0 Å². The van der Waals surface area contributed by atoms with Crippen LogP contribution in [0.15, 0.2) is 11.4 Å². The molecular formula is C10H18N4O3S. The van der Waals surface area contributed by atoms with Crippen molar-refractivity contribution in [1.82, 2.24) is 14.3 Å². The number of nitrogens with one attached hydrogen (secondary N) is 1. The second-order valence-corrected chi connectivity index (χ2v) is 6.14. The molecule has 0 aliphatic carbocycles. The largest absolute Gasteiger partial charge is 0.381 e. The Bertz CT molecular complexity index is 500. The maximum atomic E-state index is 12.2. The molecule has 2 unspecified atom stereocenters. The summed E-state index contributed by atoms with van der Waals surface area (Å²) in [6.45, 7) is 2.48. The first kappa shape index (κ1) is 13.3. The van der Waals surface area contributed by atoms with E-state index in [2.05, 4.69) is 9.71 Å². The van der Waals surface area contributed by atoms with Crippen molar-refractivity contribution in [2.45, 2.75) is 36.9 Å². The van der Waals surface area contributed by atoms with Gasteiger partial charge in [0.05, 0.1) is 12.4 Å². The Hall–Kier alpha value is -1.12. The topological polar surface area (TPSA) is 99.2 Å². The minimum absolute atomic E-state index is 0.00420. The highest BCUT2D eigenvalue weighted by Crippen LogP contribution is 2.19. The Morgan fingerprint density at radius 3 is 2.89 bits per heavy atom. The Balaban J connectivity index is 2.17. The van der Waals surface area contributed by atoms with Gasteiger partial charge >= 0.3 is 0 Å². The van der Waals surface area contributed by atoms with Crippen LogP contribution in [0.1, 0.15) is 19.8 Å². The summed E-state index contributed by atoms with van der Waals surface area (Å²) in [6, 6.07) is -0.285. The van der Waals surface area contributed by atoms with Crippen molar-refractivity contribution >= 4 is 15.8 Å². The summed E-state index contributed by atoms with van der Waals surface area (Å²) in [5, 5.41) is -0.00709. The van der Waals surface area contributed by atoms with E-state index in [1.54, 1.807) is 14.0 Å². The maximum Gasteiger partial charge on any atom is 0.260 e. The lowest BCUT2D eigenvalue weighted by Crippen LogP contribution is -2.41. The highest BCUT2D eigenvalue weighted by atomic mass is 32.2. The van der Waals surface area contributed by atoms with E-state index in [9.17, 15) is 8.42 Å². The molecule has 0 bridgehead atoms. The smallest absolute Gasteiger partial charge is 0.260 e. The van der Waals surface area contributed by atoms with E-state index < -0.39 is 10.0 Å². The molecule has 8 heteroatoms. The van der Waals surface area contributed by atoms with E-state index in [0.29, 0.717) is 6.61 Å². The molecule has 2 heterocycles. The highest BCUT2D eigenvalue weighted by Gasteiger charge is 2.29. The maximum absolute atomic E-state index is 12.2. The summed E-state index contributed by atoms with van der Waals surface area (Å²) < 4.78 is 33.8. The SMILES string of the molecule is CC(NS(=O)(=O)c1c(N)ncn1C)C1CCCO1. The van der Waals surface area contributed by atoms with Gasteiger partial charge in [0.2, 0.25) is 0 Å². The number of ether oxygens (including phenoxy) is 1. The molecule has 1 saturated heterocycles. The van der Waals surface area contributed by atoms with Crippen molar-refractivity contribution < 1.29 is 13.2 Å². The zero-order valence-corrected chi connectivity index (χ0v) is 11.3.